The molecule has 0 saturated carbocycles. The molecule has 0 aromatic heterocycles. The molecule has 2 aromatic rings. The van der Waals surface area contributed by atoms with Crippen molar-refractivity contribution in [1.82, 2.24) is 5.32 Å². The van der Waals surface area contributed by atoms with Gasteiger partial charge in [-0.15, -0.1) is 0 Å². The summed E-state index contributed by atoms with van der Waals surface area (Å²) in [6.07, 6.45) is -4.69. The van der Waals surface area contributed by atoms with Crippen molar-refractivity contribution in [2.24, 2.45) is 0 Å². The van der Waals surface area contributed by atoms with E-state index in [0.717, 1.165) is 6.07 Å². The summed E-state index contributed by atoms with van der Waals surface area (Å²) in [6, 6.07) is 9.04. The molecule has 0 radical (unpaired) electrons. The Hall–Kier alpha value is -3.27. The first-order valence-corrected chi connectivity index (χ1v) is 8.72. The number of carbonyl (C=O) groups excluding carboxylic acids is 3. The number of nitrogens with one attached hydrogen (secondary N) is 2. The standard InChI is InChI=1S/C19H16ClF3N2O5/c1-29-13-4-2-3-11(7-13)18(28)24-9-17(27)30-10-16(26)25-12-5-6-15(20)14(8-12)19(21,22)23/h2-8H,9-10H2,1H3,(H,24,28)(H,25,26). The van der Waals surface area contributed by atoms with Crippen molar-refractivity contribution in [3.05, 3.63) is 58.6 Å². The highest BCUT2D eigenvalue weighted by Gasteiger charge is 2.33. The van der Waals surface area contributed by atoms with Crippen LogP contribution in [-0.2, 0) is 20.5 Å². The fourth-order valence-corrected chi connectivity index (χ4v) is 2.46. The second kappa shape index (κ2) is 9.97. The van der Waals surface area contributed by atoms with Gasteiger partial charge in [0.25, 0.3) is 11.8 Å². The van der Waals surface area contributed by atoms with Gasteiger partial charge < -0.3 is 20.1 Å². The summed E-state index contributed by atoms with van der Waals surface area (Å²) >= 11 is 5.50. The first-order chi connectivity index (χ1) is 14.1. The van der Waals surface area contributed by atoms with Gasteiger partial charge in [0.05, 0.1) is 17.7 Å². The Morgan fingerprint density at radius 1 is 1.10 bits per heavy atom. The summed E-state index contributed by atoms with van der Waals surface area (Å²) in [4.78, 5) is 35.5. The highest BCUT2D eigenvalue weighted by atomic mass is 35.5. The van der Waals surface area contributed by atoms with Gasteiger partial charge in [0, 0.05) is 11.3 Å². The zero-order valence-electron chi connectivity index (χ0n) is 15.5. The molecule has 2 N–H and O–H groups in total. The van der Waals surface area contributed by atoms with Gasteiger partial charge in [0.15, 0.2) is 6.61 Å². The molecule has 11 heteroatoms. The van der Waals surface area contributed by atoms with E-state index in [1.165, 1.54) is 25.3 Å². The molecule has 0 unspecified atom stereocenters. The number of hydrogen-bond acceptors (Lipinski definition) is 5. The maximum atomic E-state index is 12.8. The minimum absolute atomic E-state index is 0.167. The minimum Gasteiger partial charge on any atom is -0.497 e. The molecule has 2 amide bonds. The molecular formula is C19H16ClF3N2O5. The van der Waals surface area contributed by atoms with Crippen LogP contribution in [0.2, 0.25) is 5.02 Å². The maximum Gasteiger partial charge on any atom is 0.417 e. The summed E-state index contributed by atoms with van der Waals surface area (Å²) < 4.78 is 48.2. The van der Waals surface area contributed by atoms with Crippen LogP contribution in [0.15, 0.2) is 42.5 Å². The van der Waals surface area contributed by atoms with E-state index in [4.69, 9.17) is 16.3 Å². The monoisotopic (exact) mass is 444 g/mol. The summed E-state index contributed by atoms with van der Waals surface area (Å²) in [5.74, 6) is -1.87. The van der Waals surface area contributed by atoms with Crippen molar-refractivity contribution in [1.29, 1.82) is 0 Å². The maximum absolute atomic E-state index is 12.8. The highest BCUT2D eigenvalue weighted by Crippen LogP contribution is 2.36. The molecule has 0 fully saturated rings. The predicted molar refractivity (Wildman–Crippen MR) is 101 cm³/mol. The smallest absolute Gasteiger partial charge is 0.417 e. The summed E-state index contributed by atoms with van der Waals surface area (Å²) in [5.41, 5.74) is -1.03. The van der Waals surface area contributed by atoms with Gasteiger partial charge in [-0.05, 0) is 36.4 Å². The number of ether oxygens (including phenoxy) is 2. The van der Waals surface area contributed by atoms with E-state index in [9.17, 15) is 27.6 Å². The number of esters is 1. The third-order valence-corrected chi connectivity index (χ3v) is 3.97. The van der Waals surface area contributed by atoms with E-state index in [-0.39, 0.29) is 11.3 Å². The largest absolute Gasteiger partial charge is 0.497 e. The molecular weight excluding hydrogens is 429 g/mol. The zero-order chi connectivity index (χ0) is 22.3. The van der Waals surface area contributed by atoms with E-state index in [1.54, 1.807) is 12.1 Å². The van der Waals surface area contributed by atoms with E-state index in [2.05, 4.69) is 15.4 Å². The van der Waals surface area contributed by atoms with Gasteiger partial charge in [0.2, 0.25) is 0 Å². The summed E-state index contributed by atoms with van der Waals surface area (Å²) in [5, 5.41) is 3.96. The molecule has 0 bridgehead atoms. The van der Waals surface area contributed by atoms with Gasteiger partial charge in [-0.25, -0.2) is 0 Å². The van der Waals surface area contributed by atoms with Crippen LogP contribution in [0.5, 0.6) is 5.75 Å². The van der Waals surface area contributed by atoms with Crippen LogP contribution in [0, 0.1) is 0 Å². The van der Waals surface area contributed by atoms with Crippen LogP contribution in [0.1, 0.15) is 15.9 Å². The minimum atomic E-state index is -4.69. The summed E-state index contributed by atoms with van der Waals surface area (Å²) in [7, 11) is 1.44. The lowest BCUT2D eigenvalue weighted by molar-refractivity contribution is -0.146. The van der Waals surface area contributed by atoms with Crippen LogP contribution in [0.25, 0.3) is 0 Å². The number of hydrogen-bond donors (Lipinski definition) is 2. The molecule has 2 aromatic carbocycles. The summed E-state index contributed by atoms with van der Waals surface area (Å²) in [6.45, 7) is -1.26. The van der Waals surface area contributed by atoms with E-state index in [0.29, 0.717) is 11.8 Å². The van der Waals surface area contributed by atoms with Crippen molar-refractivity contribution in [3.8, 4) is 5.75 Å². The Balaban J connectivity index is 1.82. The Morgan fingerprint density at radius 3 is 2.50 bits per heavy atom. The number of halogens is 4. The lowest BCUT2D eigenvalue weighted by atomic mass is 10.2. The molecule has 7 nitrogen and oxygen atoms in total. The van der Waals surface area contributed by atoms with Crippen LogP contribution in [0.4, 0.5) is 18.9 Å². The number of carbonyl (C=O) groups is 3. The number of benzene rings is 2. The Morgan fingerprint density at radius 2 is 1.83 bits per heavy atom. The van der Waals surface area contributed by atoms with Crippen LogP contribution in [0.3, 0.4) is 0 Å². The number of amides is 2. The lowest BCUT2D eigenvalue weighted by Gasteiger charge is -2.12. The van der Waals surface area contributed by atoms with Gasteiger partial charge in [-0.3, -0.25) is 14.4 Å². The normalized spacial score (nSPS) is 10.8. The van der Waals surface area contributed by atoms with Crippen LogP contribution < -0.4 is 15.4 Å². The van der Waals surface area contributed by atoms with Crippen molar-refractivity contribution in [2.75, 3.05) is 25.6 Å². The third kappa shape index (κ3) is 6.66. The van der Waals surface area contributed by atoms with Crippen LogP contribution in [-0.4, -0.2) is 38.0 Å². The Bertz CT molecular complexity index is 950. The SMILES string of the molecule is COc1cccc(C(=O)NCC(=O)OCC(=O)Nc2ccc(Cl)c(C(F)(F)F)c2)c1. The molecule has 0 saturated heterocycles. The van der Waals surface area contributed by atoms with Gasteiger partial charge in [-0.2, -0.15) is 13.2 Å². The molecule has 0 aliphatic rings. The molecule has 0 aliphatic heterocycles. The Kier molecular flexibility index (Phi) is 7.65. The van der Waals surface area contributed by atoms with Gasteiger partial charge in [0.1, 0.15) is 12.3 Å². The second-order valence-electron chi connectivity index (χ2n) is 5.82. The molecule has 30 heavy (non-hydrogen) atoms. The molecule has 0 heterocycles. The lowest BCUT2D eigenvalue weighted by Crippen LogP contribution is -2.32. The highest BCUT2D eigenvalue weighted by molar-refractivity contribution is 6.31. The average molecular weight is 445 g/mol. The second-order valence-corrected chi connectivity index (χ2v) is 6.22. The third-order valence-electron chi connectivity index (χ3n) is 3.64. The van der Waals surface area contributed by atoms with Crippen molar-refractivity contribution in [2.45, 2.75) is 6.18 Å². The number of rotatable bonds is 7. The first kappa shape index (κ1) is 23.0. The average Bonchev–Trinajstić information content (AvgIpc) is 2.71. The molecule has 0 spiro atoms. The van der Waals surface area contributed by atoms with Gasteiger partial charge >= 0.3 is 12.1 Å². The topological polar surface area (TPSA) is 93.7 Å². The van der Waals surface area contributed by atoms with E-state index in [1.807, 2.05) is 0 Å². The molecule has 0 atom stereocenters. The predicted octanol–water partition coefficient (Wildman–Crippen LogP) is 3.28. The van der Waals surface area contributed by atoms with Crippen LogP contribution >= 0.6 is 11.6 Å². The first-order valence-electron chi connectivity index (χ1n) is 8.34. The van der Waals surface area contributed by atoms with Crippen molar-refractivity contribution in [3.63, 3.8) is 0 Å². The number of alkyl halides is 3. The quantitative estimate of drug-likeness (QED) is 0.639. The fraction of sp³-hybridized carbons (Fsp3) is 0.211. The van der Waals surface area contributed by atoms with Crippen molar-refractivity contribution >= 4 is 35.1 Å². The molecule has 0 aliphatic carbocycles. The van der Waals surface area contributed by atoms with E-state index < -0.39 is 47.7 Å². The van der Waals surface area contributed by atoms with E-state index >= 15 is 0 Å². The van der Waals surface area contributed by atoms with Gasteiger partial charge in [-0.1, -0.05) is 17.7 Å². The fourth-order valence-electron chi connectivity index (χ4n) is 2.23. The Labute approximate surface area is 174 Å². The number of methoxy groups -OCH3 is 1. The molecule has 2 rings (SSSR count). The molecule has 160 valence electrons. The number of anilines is 1. The van der Waals surface area contributed by atoms with Crippen molar-refractivity contribution < 1.29 is 37.0 Å². The zero-order valence-corrected chi connectivity index (χ0v) is 16.3.